The number of carboxylic acid groups (broad SMARTS) is 2. The molecule has 0 saturated carbocycles. The van der Waals surface area contributed by atoms with Gasteiger partial charge in [0, 0.05) is 6.08 Å². The maximum Gasteiger partial charge on any atom is 0.401 e. The second kappa shape index (κ2) is 10.7. The first-order valence-corrected chi connectivity index (χ1v) is 6.40. The molecule has 0 aliphatic carbocycles. The van der Waals surface area contributed by atoms with E-state index >= 15 is 0 Å². The summed E-state index contributed by atoms with van der Waals surface area (Å²) in [6, 6.07) is -1.12. The number of aliphatic carboxylic acids is 2. The molecule has 112 valence electrons. The van der Waals surface area contributed by atoms with E-state index in [1.54, 1.807) is 6.26 Å². The Morgan fingerprint density at radius 2 is 1.89 bits per heavy atom. The molecular weight excluding hydrogens is 287 g/mol. The standard InChI is InChI=1S/C7H12F3NO2S.C3H4O2/c1-14-3-2-5(6(12)13)11-4-7(8,9)10;1-2-3(4)5/h5,11H,2-4H2,1H3,(H,12,13);2H,1H2,(H,4,5)/t5-;/m0./s1. The first-order valence-electron chi connectivity index (χ1n) is 5.01. The van der Waals surface area contributed by atoms with Crippen LogP contribution in [0.1, 0.15) is 6.42 Å². The molecule has 0 aliphatic heterocycles. The van der Waals surface area contributed by atoms with Crippen LogP contribution in [0, 0.1) is 0 Å². The Morgan fingerprint density at radius 3 is 2.16 bits per heavy atom. The van der Waals surface area contributed by atoms with Gasteiger partial charge in [-0.25, -0.2) is 4.79 Å². The van der Waals surface area contributed by atoms with E-state index in [9.17, 15) is 22.8 Å². The van der Waals surface area contributed by atoms with E-state index in [-0.39, 0.29) is 6.42 Å². The van der Waals surface area contributed by atoms with Crippen molar-refractivity contribution in [3.05, 3.63) is 12.7 Å². The summed E-state index contributed by atoms with van der Waals surface area (Å²) in [6.45, 7) is 1.70. The predicted molar refractivity (Wildman–Crippen MR) is 66.3 cm³/mol. The van der Waals surface area contributed by atoms with Gasteiger partial charge >= 0.3 is 18.1 Å². The van der Waals surface area contributed by atoms with Gasteiger partial charge in [-0.1, -0.05) is 6.58 Å². The zero-order chi connectivity index (χ0) is 15.5. The van der Waals surface area contributed by atoms with Gasteiger partial charge in [-0.3, -0.25) is 10.1 Å². The molecule has 0 bridgehead atoms. The van der Waals surface area contributed by atoms with Crippen molar-refractivity contribution < 1.29 is 33.0 Å². The summed E-state index contributed by atoms with van der Waals surface area (Å²) in [5.74, 6) is -1.71. The number of rotatable bonds is 7. The van der Waals surface area contributed by atoms with Crippen molar-refractivity contribution in [3.8, 4) is 0 Å². The molecule has 0 spiro atoms. The topological polar surface area (TPSA) is 86.6 Å². The maximum atomic E-state index is 11.7. The van der Waals surface area contributed by atoms with Crippen molar-refractivity contribution in [2.75, 3.05) is 18.6 Å². The lowest BCUT2D eigenvalue weighted by atomic mass is 10.2. The number of nitrogens with one attached hydrogen (secondary N) is 1. The molecule has 0 aromatic heterocycles. The highest BCUT2D eigenvalue weighted by Crippen LogP contribution is 2.13. The van der Waals surface area contributed by atoms with E-state index in [2.05, 4.69) is 6.58 Å². The highest BCUT2D eigenvalue weighted by atomic mass is 32.2. The van der Waals surface area contributed by atoms with Gasteiger partial charge in [-0.2, -0.15) is 24.9 Å². The Bertz CT molecular complexity index is 297. The first kappa shape index (κ1) is 20.1. The van der Waals surface area contributed by atoms with Crippen LogP contribution in [0.25, 0.3) is 0 Å². The molecular formula is C10H16F3NO4S. The fourth-order valence-corrected chi connectivity index (χ4v) is 1.26. The Hall–Kier alpha value is -1.22. The van der Waals surface area contributed by atoms with Gasteiger partial charge in [0.05, 0.1) is 6.54 Å². The number of hydrogen-bond acceptors (Lipinski definition) is 4. The largest absolute Gasteiger partial charge is 0.480 e. The summed E-state index contributed by atoms with van der Waals surface area (Å²) >= 11 is 1.40. The van der Waals surface area contributed by atoms with Crippen LogP contribution in [-0.4, -0.2) is 52.9 Å². The summed E-state index contributed by atoms with van der Waals surface area (Å²) in [7, 11) is 0. The molecule has 0 radical (unpaired) electrons. The smallest absolute Gasteiger partial charge is 0.401 e. The second-order valence-electron chi connectivity index (χ2n) is 3.21. The molecule has 1 atom stereocenters. The van der Waals surface area contributed by atoms with E-state index in [0.717, 1.165) is 6.08 Å². The van der Waals surface area contributed by atoms with Crippen LogP contribution >= 0.6 is 11.8 Å². The molecule has 0 heterocycles. The summed E-state index contributed by atoms with van der Waals surface area (Å²) < 4.78 is 35.2. The van der Waals surface area contributed by atoms with Crippen molar-refractivity contribution in [3.63, 3.8) is 0 Å². The Morgan fingerprint density at radius 1 is 1.42 bits per heavy atom. The third kappa shape index (κ3) is 16.8. The van der Waals surface area contributed by atoms with E-state index in [1.165, 1.54) is 11.8 Å². The van der Waals surface area contributed by atoms with E-state index in [1.807, 2.05) is 5.32 Å². The minimum absolute atomic E-state index is 0.187. The molecule has 0 amide bonds. The third-order valence-electron chi connectivity index (χ3n) is 1.63. The normalized spacial score (nSPS) is 12.0. The number of hydrogen-bond donors (Lipinski definition) is 3. The molecule has 19 heavy (non-hydrogen) atoms. The van der Waals surface area contributed by atoms with E-state index in [4.69, 9.17) is 10.2 Å². The monoisotopic (exact) mass is 303 g/mol. The van der Waals surface area contributed by atoms with Gasteiger partial charge < -0.3 is 10.2 Å². The SMILES string of the molecule is C=CC(=O)O.CSCC[C@H](NCC(F)(F)F)C(=O)O. The van der Waals surface area contributed by atoms with Gasteiger partial charge in [-0.15, -0.1) is 0 Å². The zero-order valence-corrected chi connectivity index (χ0v) is 11.1. The van der Waals surface area contributed by atoms with Gasteiger partial charge in [0.1, 0.15) is 6.04 Å². The average molecular weight is 303 g/mol. The minimum atomic E-state index is -4.37. The minimum Gasteiger partial charge on any atom is -0.480 e. The summed E-state index contributed by atoms with van der Waals surface area (Å²) in [4.78, 5) is 19.7. The fourth-order valence-electron chi connectivity index (χ4n) is 0.787. The van der Waals surface area contributed by atoms with Crippen molar-refractivity contribution in [1.29, 1.82) is 0 Å². The lowest BCUT2D eigenvalue weighted by molar-refractivity contribution is -0.143. The van der Waals surface area contributed by atoms with Gasteiger partial charge in [0.15, 0.2) is 0 Å². The highest BCUT2D eigenvalue weighted by molar-refractivity contribution is 7.98. The number of alkyl halides is 3. The van der Waals surface area contributed by atoms with Gasteiger partial charge in [-0.05, 0) is 18.4 Å². The maximum absolute atomic E-state index is 11.7. The van der Waals surface area contributed by atoms with Crippen molar-refractivity contribution in [2.24, 2.45) is 0 Å². The number of carboxylic acids is 2. The molecule has 0 unspecified atom stereocenters. The zero-order valence-electron chi connectivity index (χ0n) is 10.2. The third-order valence-corrected chi connectivity index (χ3v) is 2.28. The van der Waals surface area contributed by atoms with Gasteiger partial charge in [0.25, 0.3) is 0 Å². The molecule has 9 heteroatoms. The van der Waals surface area contributed by atoms with Crippen LogP contribution in [0.4, 0.5) is 13.2 Å². The molecule has 5 nitrogen and oxygen atoms in total. The molecule has 0 rings (SSSR count). The molecule has 0 aliphatic rings. The average Bonchev–Trinajstić information content (AvgIpc) is 2.28. The molecule has 0 aromatic carbocycles. The molecule has 0 aromatic rings. The molecule has 0 fully saturated rings. The van der Waals surface area contributed by atoms with E-state index < -0.39 is 30.7 Å². The number of carbonyl (C=O) groups is 2. The quantitative estimate of drug-likeness (QED) is 0.619. The Kier molecular flexibility index (Phi) is 11.3. The van der Waals surface area contributed by atoms with Gasteiger partial charge in [0.2, 0.25) is 0 Å². The highest BCUT2D eigenvalue weighted by Gasteiger charge is 2.29. The Balaban J connectivity index is 0. The van der Waals surface area contributed by atoms with Crippen LogP contribution in [0.5, 0.6) is 0 Å². The van der Waals surface area contributed by atoms with E-state index in [0.29, 0.717) is 5.75 Å². The predicted octanol–water partition coefficient (Wildman–Crippen LogP) is 1.60. The lowest BCUT2D eigenvalue weighted by Crippen LogP contribution is -2.42. The summed E-state index contributed by atoms with van der Waals surface area (Å²) in [5.41, 5.74) is 0. The Labute approximate surface area is 112 Å². The van der Waals surface area contributed by atoms with Crippen molar-refractivity contribution in [2.45, 2.75) is 18.6 Å². The number of halogens is 3. The summed E-state index contributed by atoms with van der Waals surface area (Å²) in [6.07, 6.45) is -1.58. The van der Waals surface area contributed by atoms with Crippen LogP contribution in [-0.2, 0) is 9.59 Å². The van der Waals surface area contributed by atoms with Crippen molar-refractivity contribution in [1.82, 2.24) is 5.32 Å². The fraction of sp³-hybridized carbons (Fsp3) is 0.600. The van der Waals surface area contributed by atoms with Crippen LogP contribution in [0.3, 0.4) is 0 Å². The van der Waals surface area contributed by atoms with Crippen LogP contribution in [0.15, 0.2) is 12.7 Å². The molecule has 3 N–H and O–H groups in total. The van der Waals surface area contributed by atoms with Crippen LogP contribution < -0.4 is 5.32 Å². The number of thioether (sulfide) groups is 1. The van der Waals surface area contributed by atoms with Crippen LogP contribution in [0.2, 0.25) is 0 Å². The molecule has 0 saturated heterocycles. The lowest BCUT2D eigenvalue weighted by Gasteiger charge is -2.15. The van der Waals surface area contributed by atoms with Crippen molar-refractivity contribution >= 4 is 23.7 Å². The second-order valence-corrected chi connectivity index (χ2v) is 4.20. The summed E-state index contributed by atoms with van der Waals surface area (Å²) in [5, 5.41) is 18.1. The first-order chi connectivity index (χ1) is 8.64.